The summed E-state index contributed by atoms with van der Waals surface area (Å²) in [6.45, 7) is 1.92. The second-order valence-electron chi connectivity index (χ2n) is 5.98. The molecule has 0 aliphatic rings. The number of thiophene rings is 1. The number of rotatable bonds is 7. The van der Waals surface area contributed by atoms with Crippen molar-refractivity contribution in [3.05, 3.63) is 76.1 Å². The first kappa shape index (κ1) is 21.8. The highest BCUT2D eigenvalue weighted by molar-refractivity contribution is 7.94. The maximum Gasteiger partial charge on any atom is 0.339 e. The van der Waals surface area contributed by atoms with Crippen molar-refractivity contribution in [2.24, 2.45) is 0 Å². The van der Waals surface area contributed by atoms with Crippen LogP contribution in [0.4, 0.5) is 11.4 Å². The molecule has 30 heavy (non-hydrogen) atoms. The molecule has 10 heteroatoms. The summed E-state index contributed by atoms with van der Waals surface area (Å²) >= 11 is 7.21. The van der Waals surface area contributed by atoms with Gasteiger partial charge in [0.25, 0.3) is 15.9 Å². The van der Waals surface area contributed by atoms with E-state index in [2.05, 4.69) is 10.0 Å². The van der Waals surface area contributed by atoms with Crippen LogP contribution in [0.25, 0.3) is 0 Å². The molecular formula is C20H17ClN2O5S2. The van der Waals surface area contributed by atoms with Crippen molar-refractivity contribution in [3.8, 4) is 0 Å². The number of sulfonamides is 1. The van der Waals surface area contributed by atoms with E-state index in [-0.39, 0.29) is 21.4 Å². The fourth-order valence-electron chi connectivity index (χ4n) is 2.48. The van der Waals surface area contributed by atoms with Gasteiger partial charge in [-0.15, -0.1) is 11.3 Å². The lowest BCUT2D eigenvalue weighted by molar-refractivity contribution is 0.0526. The second kappa shape index (κ2) is 9.29. The number of nitrogens with one attached hydrogen (secondary N) is 2. The summed E-state index contributed by atoms with van der Waals surface area (Å²) in [4.78, 5) is 24.2. The first-order chi connectivity index (χ1) is 14.3. The number of carbonyl (C=O) groups excluding carboxylic acids is 2. The Morgan fingerprint density at radius 3 is 2.37 bits per heavy atom. The monoisotopic (exact) mass is 464 g/mol. The Kier molecular flexibility index (Phi) is 6.76. The smallest absolute Gasteiger partial charge is 0.339 e. The molecule has 0 atom stereocenters. The molecule has 0 saturated heterocycles. The number of anilines is 2. The fraction of sp³-hybridized carbons (Fsp3) is 0.100. The number of hydrogen-bond acceptors (Lipinski definition) is 6. The van der Waals surface area contributed by atoms with Crippen molar-refractivity contribution in [2.45, 2.75) is 11.1 Å². The van der Waals surface area contributed by atoms with Gasteiger partial charge in [-0.3, -0.25) is 9.52 Å². The minimum absolute atomic E-state index is 0.157. The number of hydrogen-bond donors (Lipinski definition) is 2. The second-order valence-corrected chi connectivity index (χ2v) is 9.25. The maximum absolute atomic E-state index is 12.4. The Morgan fingerprint density at radius 2 is 1.77 bits per heavy atom. The quantitative estimate of drug-likeness (QED) is 0.496. The molecule has 2 aromatic carbocycles. The van der Waals surface area contributed by atoms with Crippen LogP contribution >= 0.6 is 22.9 Å². The van der Waals surface area contributed by atoms with Crippen molar-refractivity contribution < 1.29 is 22.7 Å². The topological polar surface area (TPSA) is 102 Å². The molecule has 7 nitrogen and oxygen atoms in total. The minimum Gasteiger partial charge on any atom is -0.462 e. The summed E-state index contributed by atoms with van der Waals surface area (Å²) in [6.07, 6.45) is 0. The van der Waals surface area contributed by atoms with E-state index in [1.165, 1.54) is 42.5 Å². The van der Waals surface area contributed by atoms with Gasteiger partial charge in [0, 0.05) is 16.9 Å². The van der Waals surface area contributed by atoms with Crippen LogP contribution in [0, 0.1) is 0 Å². The molecule has 0 bridgehead atoms. The van der Waals surface area contributed by atoms with E-state index in [4.69, 9.17) is 16.3 Å². The lowest BCUT2D eigenvalue weighted by Gasteiger charge is -2.10. The number of benzene rings is 2. The molecule has 1 aromatic heterocycles. The predicted octanol–water partition coefficient (Wildman–Crippen LogP) is 4.63. The van der Waals surface area contributed by atoms with Crippen molar-refractivity contribution in [1.29, 1.82) is 0 Å². The standard InChI is InChI=1S/C20H17ClN2O5S2/c1-2-28-20(25)16-10-9-15(12-17(16)21)22-19(24)13-5-7-14(8-6-13)23-30(26,27)18-4-3-11-29-18/h3-12,23H,2H2,1H3,(H,22,24). The van der Waals surface area contributed by atoms with Crippen molar-refractivity contribution in [1.82, 2.24) is 0 Å². The molecule has 0 spiro atoms. The van der Waals surface area contributed by atoms with Gasteiger partial charge in [-0.05, 0) is 60.8 Å². The Hall–Kier alpha value is -2.88. The summed E-state index contributed by atoms with van der Waals surface area (Å²) < 4.78 is 32.1. The van der Waals surface area contributed by atoms with Crippen LogP contribution in [0.5, 0.6) is 0 Å². The van der Waals surface area contributed by atoms with E-state index in [0.29, 0.717) is 16.9 Å². The van der Waals surface area contributed by atoms with Gasteiger partial charge in [0.15, 0.2) is 0 Å². The van der Waals surface area contributed by atoms with Crippen LogP contribution in [-0.2, 0) is 14.8 Å². The van der Waals surface area contributed by atoms with E-state index < -0.39 is 21.9 Å². The third-order valence-corrected chi connectivity index (χ3v) is 6.97. The van der Waals surface area contributed by atoms with E-state index in [1.54, 1.807) is 24.4 Å². The zero-order valence-corrected chi connectivity index (χ0v) is 18.1. The average molecular weight is 465 g/mol. The highest BCUT2D eigenvalue weighted by Gasteiger charge is 2.16. The third kappa shape index (κ3) is 5.18. The predicted molar refractivity (Wildman–Crippen MR) is 117 cm³/mol. The molecule has 1 amide bonds. The number of amides is 1. The first-order valence-electron chi connectivity index (χ1n) is 8.74. The molecule has 0 aliphatic heterocycles. The molecule has 2 N–H and O–H groups in total. The molecular weight excluding hydrogens is 448 g/mol. The Morgan fingerprint density at radius 1 is 1.07 bits per heavy atom. The third-order valence-electron chi connectivity index (χ3n) is 3.88. The number of carbonyl (C=O) groups is 2. The van der Waals surface area contributed by atoms with Gasteiger partial charge < -0.3 is 10.1 Å². The normalized spacial score (nSPS) is 11.0. The zero-order chi connectivity index (χ0) is 21.7. The van der Waals surface area contributed by atoms with Crippen molar-refractivity contribution >= 4 is 56.2 Å². The Bertz CT molecular complexity index is 1160. The van der Waals surface area contributed by atoms with E-state index in [9.17, 15) is 18.0 Å². The van der Waals surface area contributed by atoms with Crippen LogP contribution in [0.2, 0.25) is 5.02 Å². The summed E-state index contributed by atoms with van der Waals surface area (Å²) in [5.41, 5.74) is 1.26. The van der Waals surface area contributed by atoms with Crippen LogP contribution in [-0.4, -0.2) is 26.9 Å². The lowest BCUT2D eigenvalue weighted by atomic mass is 10.1. The SMILES string of the molecule is CCOC(=O)c1ccc(NC(=O)c2ccc(NS(=O)(=O)c3cccs3)cc2)cc1Cl. The molecule has 0 radical (unpaired) electrons. The largest absolute Gasteiger partial charge is 0.462 e. The van der Waals surface area contributed by atoms with Gasteiger partial charge in [-0.25, -0.2) is 13.2 Å². The number of ether oxygens (including phenoxy) is 1. The zero-order valence-electron chi connectivity index (χ0n) is 15.7. The molecule has 0 unspecified atom stereocenters. The summed E-state index contributed by atoms with van der Waals surface area (Å²) in [5.74, 6) is -0.955. The summed E-state index contributed by atoms with van der Waals surface area (Å²) in [7, 11) is -3.66. The van der Waals surface area contributed by atoms with Gasteiger partial charge in [0.2, 0.25) is 0 Å². The van der Waals surface area contributed by atoms with Gasteiger partial charge >= 0.3 is 5.97 Å². The number of halogens is 1. The van der Waals surface area contributed by atoms with Crippen LogP contribution in [0.3, 0.4) is 0 Å². The van der Waals surface area contributed by atoms with Crippen molar-refractivity contribution in [2.75, 3.05) is 16.6 Å². The Balaban J connectivity index is 1.68. The van der Waals surface area contributed by atoms with Gasteiger partial charge in [0.1, 0.15) is 4.21 Å². The summed E-state index contributed by atoms with van der Waals surface area (Å²) in [6, 6.07) is 13.6. The van der Waals surface area contributed by atoms with Crippen LogP contribution in [0.15, 0.2) is 64.2 Å². The molecule has 1 heterocycles. The molecule has 0 aliphatic carbocycles. The molecule has 0 fully saturated rings. The Labute approximate surface area is 182 Å². The van der Waals surface area contributed by atoms with E-state index in [0.717, 1.165) is 11.3 Å². The average Bonchev–Trinajstić information content (AvgIpc) is 3.24. The van der Waals surface area contributed by atoms with Gasteiger partial charge in [-0.1, -0.05) is 17.7 Å². The van der Waals surface area contributed by atoms with Crippen LogP contribution in [0.1, 0.15) is 27.6 Å². The van der Waals surface area contributed by atoms with Crippen LogP contribution < -0.4 is 10.0 Å². The highest BCUT2D eigenvalue weighted by Crippen LogP contribution is 2.23. The first-order valence-corrected chi connectivity index (χ1v) is 11.5. The summed E-state index contributed by atoms with van der Waals surface area (Å²) in [5, 5.41) is 4.51. The molecule has 0 saturated carbocycles. The van der Waals surface area contributed by atoms with Gasteiger partial charge in [-0.2, -0.15) is 0 Å². The van der Waals surface area contributed by atoms with E-state index >= 15 is 0 Å². The molecule has 156 valence electrons. The minimum atomic E-state index is -3.66. The highest BCUT2D eigenvalue weighted by atomic mass is 35.5. The molecule has 3 aromatic rings. The maximum atomic E-state index is 12.4. The van der Waals surface area contributed by atoms with E-state index in [1.807, 2.05) is 0 Å². The molecule has 3 rings (SSSR count). The lowest BCUT2D eigenvalue weighted by Crippen LogP contribution is -2.14. The fourth-order valence-corrected chi connectivity index (χ4v) is 4.79. The van der Waals surface area contributed by atoms with Crippen molar-refractivity contribution in [3.63, 3.8) is 0 Å². The number of esters is 1. The van der Waals surface area contributed by atoms with Gasteiger partial charge in [0.05, 0.1) is 17.2 Å².